The maximum atomic E-state index is 12.6. The second kappa shape index (κ2) is 6.96. The fourth-order valence-electron chi connectivity index (χ4n) is 2.60. The molecule has 0 saturated carbocycles. The minimum atomic E-state index is -3.65. The standard InChI is InChI=1S/C15H18N4O3S2/c1-11-6-5-9-19(10-11)24(21,22)15-18-17-14(23-15)16-13(20)12-7-3-2-4-8-12/h2-4,7-8,11H,5-6,9-10H2,1H3,(H,16,17,20)/t11-/m0/s1. The number of anilines is 1. The minimum Gasteiger partial charge on any atom is -0.296 e. The number of amides is 1. The van der Waals surface area contributed by atoms with Crippen LogP contribution in [-0.2, 0) is 10.0 Å². The number of carbonyl (C=O) groups is 1. The van der Waals surface area contributed by atoms with Crippen molar-refractivity contribution in [3.8, 4) is 0 Å². The number of nitrogens with zero attached hydrogens (tertiary/aromatic N) is 3. The highest BCUT2D eigenvalue weighted by Crippen LogP contribution is 2.27. The van der Waals surface area contributed by atoms with Gasteiger partial charge in [-0.2, -0.15) is 4.31 Å². The Morgan fingerprint density at radius 3 is 2.75 bits per heavy atom. The van der Waals surface area contributed by atoms with E-state index in [0.717, 1.165) is 24.2 Å². The maximum Gasteiger partial charge on any atom is 0.272 e. The van der Waals surface area contributed by atoms with E-state index >= 15 is 0 Å². The van der Waals surface area contributed by atoms with E-state index in [0.29, 0.717) is 24.6 Å². The zero-order valence-corrected chi connectivity index (χ0v) is 14.8. The molecule has 1 fully saturated rings. The molecule has 1 amide bonds. The van der Waals surface area contributed by atoms with Crippen molar-refractivity contribution in [1.29, 1.82) is 0 Å². The molecule has 2 aromatic rings. The number of sulfonamides is 1. The summed E-state index contributed by atoms with van der Waals surface area (Å²) in [6, 6.07) is 8.66. The summed E-state index contributed by atoms with van der Waals surface area (Å²) in [5.41, 5.74) is 0.474. The quantitative estimate of drug-likeness (QED) is 0.838. The van der Waals surface area contributed by atoms with E-state index in [2.05, 4.69) is 15.5 Å². The molecule has 1 aromatic carbocycles. The van der Waals surface area contributed by atoms with Gasteiger partial charge >= 0.3 is 0 Å². The number of carbonyl (C=O) groups excluding carboxylic acids is 1. The Balaban J connectivity index is 1.74. The van der Waals surface area contributed by atoms with Gasteiger partial charge in [-0.1, -0.05) is 36.5 Å². The Morgan fingerprint density at radius 2 is 2.04 bits per heavy atom. The van der Waals surface area contributed by atoms with Crippen LogP contribution in [0.2, 0.25) is 0 Å². The summed E-state index contributed by atoms with van der Waals surface area (Å²) in [5.74, 6) is -0.0130. The van der Waals surface area contributed by atoms with Gasteiger partial charge in [-0.25, -0.2) is 8.42 Å². The first-order valence-corrected chi connectivity index (χ1v) is 9.92. The number of aromatic nitrogens is 2. The lowest BCUT2D eigenvalue weighted by molar-refractivity contribution is 0.102. The van der Waals surface area contributed by atoms with Gasteiger partial charge < -0.3 is 0 Å². The maximum absolute atomic E-state index is 12.6. The van der Waals surface area contributed by atoms with Crippen molar-refractivity contribution >= 4 is 32.4 Å². The van der Waals surface area contributed by atoms with Crippen molar-refractivity contribution in [2.75, 3.05) is 18.4 Å². The summed E-state index contributed by atoms with van der Waals surface area (Å²) >= 11 is 0.874. The van der Waals surface area contributed by atoms with E-state index in [4.69, 9.17) is 0 Å². The van der Waals surface area contributed by atoms with Gasteiger partial charge in [-0.05, 0) is 30.9 Å². The van der Waals surface area contributed by atoms with Crippen LogP contribution < -0.4 is 5.32 Å². The molecule has 3 rings (SSSR count). The number of benzene rings is 1. The number of rotatable bonds is 4. The highest BCUT2D eigenvalue weighted by Gasteiger charge is 2.31. The fourth-order valence-corrected chi connectivity index (χ4v) is 5.23. The lowest BCUT2D eigenvalue weighted by Gasteiger charge is -2.28. The van der Waals surface area contributed by atoms with Gasteiger partial charge in [0, 0.05) is 18.7 Å². The topological polar surface area (TPSA) is 92.3 Å². The Morgan fingerprint density at radius 1 is 1.29 bits per heavy atom. The van der Waals surface area contributed by atoms with E-state index < -0.39 is 10.0 Å². The molecule has 1 aliphatic heterocycles. The molecule has 1 N–H and O–H groups in total. The molecule has 1 aliphatic rings. The molecule has 2 heterocycles. The van der Waals surface area contributed by atoms with Crippen LogP contribution in [0.1, 0.15) is 30.1 Å². The zero-order valence-electron chi connectivity index (χ0n) is 13.2. The average molecular weight is 366 g/mol. The number of hydrogen-bond donors (Lipinski definition) is 1. The van der Waals surface area contributed by atoms with Crippen molar-refractivity contribution in [1.82, 2.24) is 14.5 Å². The highest BCUT2D eigenvalue weighted by molar-refractivity contribution is 7.91. The fraction of sp³-hybridized carbons (Fsp3) is 0.400. The van der Waals surface area contributed by atoms with Crippen LogP contribution in [0.25, 0.3) is 0 Å². The van der Waals surface area contributed by atoms with E-state index in [-0.39, 0.29) is 15.4 Å². The molecule has 0 radical (unpaired) electrons. The van der Waals surface area contributed by atoms with Crippen molar-refractivity contribution in [3.63, 3.8) is 0 Å². The Bertz CT molecular complexity index is 820. The van der Waals surface area contributed by atoms with Gasteiger partial charge in [0.25, 0.3) is 15.9 Å². The third-order valence-electron chi connectivity index (χ3n) is 3.84. The van der Waals surface area contributed by atoms with Gasteiger partial charge in [-0.15, -0.1) is 10.2 Å². The largest absolute Gasteiger partial charge is 0.296 e. The highest BCUT2D eigenvalue weighted by atomic mass is 32.2. The van der Waals surface area contributed by atoms with Crippen LogP contribution in [0.3, 0.4) is 0 Å². The van der Waals surface area contributed by atoms with Gasteiger partial charge in [0.15, 0.2) is 0 Å². The van der Waals surface area contributed by atoms with E-state index in [1.165, 1.54) is 4.31 Å². The first kappa shape index (κ1) is 17.0. The molecule has 128 valence electrons. The molecule has 1 aromatic heterocycles. The van der Waals surface area contributed by atoms with E-state index in [1.807, 2.05) is 13.0 Å². The summed E-state index contributed by atoms with van der Waals surface area (Å²) in [6.07, 6.45) is 1.87. The van der Waals surface area contributed by atoms with Crippen LogP contribution in [0, 0.1) is 5.92 Å². The Hall–Kier alpha value is -1.84. The summed E-state index contributed by atoms with van der Waals surface area (Å²) in [7, 11) is -3.65. The van der Waals surface area contributed by atoms with Crippen LogP contribution in [0.5, 0.6) is 0 Å². The normalized spacial score (nSPS) is 19.1. The molecule has 24 heavy (non-hydrogen) atoms. The van der Waals surface area contributed by atoms with Gasteiger partial charge in [0.05, 0.1) is 0 Å². The van der Waals surface area contributed by atoms with Crippen LogP contribution in [0.15, 0.2) is 34.7 Å². The third-order valence-corrected chi connectivity index (χ3v) is 6.89. The lowest BCUT2D eigenvalue weighted by atomic mass is 10.0. The van der Waals surface area contributed by atoms with Gasteiger partial charge in [0.2, 0.25) is 9.47 Å². The second-order valence-electron chi connectivity index (χ2n) is 5.80. The average Bonchev–Trinajstić information content (AvgIpc) is 3.05. The molecule has 0 aliphatic carbocycles. The first-order valence-electron chi connectivity index (χ1n) is 7.67. The zero-order chi connectivity index (χ0) is 17.2. The smallest absolute Gasteiger partial charge is 0.272 e. The summed E-state index contributed by atoms with van der Waals surface area (Å²) < 4.78 is 26.6. The monoisotopic (exact) mass is 366 g/mol. The molecule has 0 spiro atoms. The summed E-state index contributed by atoms with van der Waals surface area (Å²) in [5, 5.41) is 10.3. The van der Waals surface area contributed by atoms with Crippen molar-refractivity contribution in [3.05, 3.63) is 35.9 Å². The molecule has 1 atom stereocenters. The summed E-state index contributed by atoms with van der Waals surface area (Å²) in [6.45, 7) is 3.03. The predicted molar refractivity (Wildman–Crippen MR) is 91.5 cm³/mol. The van der Waals surface area contributed by atoms with Crippen LogP contribution in [-0.4, -0.2) is 41.9 Å². The SMILES string of the molecule is C[C@H]1CCCN(S(=O)(=O)c2nnc(NC(=O)c3ccccc3)s2)C1. The molecule has 0 bridgehead atoms. The molecular formula is C15H18N4O3S2. The van der Waals surface area contributed by atoms with Crippen LogP contribution >= 0.6 is 11.3 Å². The number of piperidine rings is 1. The number of hydrogen-bond acceptors (Lipinski definition) is 6. The Kier molecular flexibility index (Phi) is 4.93. The molecule has 7 nitrogen and oxygen atoms in total. The molecule has 0 unspecified atom stereocenters. The van der Waals surface area contributed by atoms with Crippen molar-refractivity contribution < 1.29 is 13.2 Å². The minimum absolute atomic E-state index is 0.0834. The van der Waals surface area contributed by atoms with Gasteiger partial charge in [-0.3, -0.25) is 10.1 Å². The first-order chi connectivity index (χ1) is 11.5. The third kappa shape index (κ3) is 3.63. The molecular weight excluding hydrogens is 348 g/mol. The van der Waals surface area contributed by atoms with Crippen molar-refractivity contribution in [2.24, 2.45) is 5.92 Å². The lowest BCUT2D eigenvalue weighted by Crippen LogP contribution is -2.39. The second-order valence-corrected chi connectivity index (χ2v) is 8.89. The van der Waals surface area contributed by atoms with E-state index in [1.54, 1.807) is 24.3 Å². The number of nitrogens with one attached hydrogen (secondary N) is 1. The van der Waals surface area contributed by atoms with Crippen LogP contribution in [0.4, 0.5) is 5.13 Å². The van der Waals surface area contributed by atoms with Crippen molar-refractivity contribution in [2.45, 2.75) is 24.1 Å². The van der Waals surface area contributed by atoms with Gasteiger partial charge in [0.1, 0.15) is 0 Å². The van der Waals surface area contributed by atoms with E-state index in [9.17, 15) is 13.2 Å². The summed E-state index contributed by atoms with van der Waals surface area (Å²) in [4.78, 5) is 12.1. The molecule has 9 heteroatoms. The Labute approximate surface area is 144 Å². The predicted octanol–water partition coefficient (Wildman–Crippen LogP) is 2.21. The molecule has 1 saturated heterocycles.